The molecular weight excluding hydrogens is 269 g/mol. The molecule has 0 amide bonds. The maximum Gasteiger partial charge on any atom is 0.401 e. The van der Waals surface area contributed by atoms with Gasteiger partial charge in [-0.25, -0.2) is 0 Å². The Hall–Kier alpha value is -1.05. The Balaban J connectivity index is 3.17. The first-order valence-corrected chi connectivity index (χ1v) is 5.99. The van der Waals surface area contributed by atoms with E-state index in [0.717, 1.165) is 18.2 Å². The van der Waals surface area contributed by atoms with Gasteiger partial charge in [0, 0.05) is 6.07 Å². The Labute approximate surface area is 94.1 Å². The zero-order chi connectivity index (χ0) is 11.6. The van der Waals surface area contributed by atoms with Crippen molar-refractivity contribution >= 4 is 37.3 Å². The van der Waals surface area contributed by atoms with Crippen LogP contribution in [0, 0.1) is 10.1 Å². The molecule has 0 aliphatic carbocycles. The zero-order valence-electron chi connectivity index (χ0n) is 6.88. The van der Waals surface area contributed by atoms with Crippen LogP contribution >= 0.6 is 22.3 Å². The van der Waals surface area contributed by atoms with Gasteiger partial charge in [0.15, 0.2) is 5.75 Å². The van der Waals surface area contributed by atoms with Gasteiger partial charge in [-0.3, -0.25) is 10.1 Å². The first-order valence-electron chi connectivity index (χ1n) is 3.37. The van der Waals surface area contributed by atoms with Crippen molar-refractivity contribution in [3.05, 3.63) is 33.3 Å². The molecule has 1 aromatic rings. The zero-order valence-corrected chi connectivity index (χ0v) is 9.21. The second-order valence-electron chi connectivity index (χ2n) is 2.35. The van der Waals surface area contributed by atoms with Crippen molar-refractivity contribution in [3.8, 4) is 5.75 Å². The van der Waals surface area contributed by atoms with Crippen LogP contribution in [-0.2, 0) is 9.33 Å². The van der Waals surface area contributed by atoms with E-state index < -0.39 is 14.3 Å². The average Bonchev–Trinajstić information content (AvgIpc) is 2.06. The number of hydrogen-bond donors (Lipinski definition) is 0. The molecule has 82 valence electrons. The highest BCUT2D eigenvalue weighted by Gasteiger charge is 2.15. The second-order valence-corrected chi connectivity index (χ2v) is 4.84. The van der Waals surface area contributed by atoms with E-state index in [9.17, 15) is 18.5 Å². The number of rotatable bonds is 3. The van der Waals surface area contributed by atoms with Gasteiger partial charge in [-0.2, -0.15) is 8.42 Å². The minimum atomic E-state index is -4.28. The van der Waals surface area contributed by atoms with Crippen molar-refractivity contribution in [2.75, 3.05) is 0 Å². The fourth-order valence-electron chi connectivity index (χ4n) is 0.777. The maximum atomic E-state index is 10.5. The molecule has 9 heteroatoms. The number of nitrogens with zero attached hydrogens (tertiary/aromatic N) is 1. The fraction of sp³-hybridized carbons (Fsp3) is 0. The normalized spacial score (nSPS) is 11.1. The van der Waals surface area contributed by atoms with Crippen molar-refractivity contribution in [2.45, 2.75) is 0 Å². The molecule has 0 aliphatic rings. The van der Waals surface area contributed by atoms with Crippen LogP contribution in [0.2, 0.25) is 5.02 Å². The highest BCUT2D eigenvalue weighted by molar-refractivity contribution is 8.10. The summed E-state index contributed by atoms with van der Waals surface area (Å²) < 4.78 is 25.3. The third-order valence-corrected chi connectivity index (χ3v) is 2.19. The first kappa shape index (κ1) is 12.0. The van der Waals surface area contributed by atoms with Crippen LogP contribution in [0.1, 0.15) is 0 Å². The molecule has 0 unspecified atom stereocenters. The third-order valence-electron chi connectivity index (χ3n) is 1.31. The quantitative estimate of drug-likeness (QED) is 0.477. The van der Waals surface area contributed by atoms with Crippen LogP contribution in [0.15, 0.2) is 18.2 Å². The van der Waals surface area contributed by atoms with Gasteiger partial charge in [-0.15, -0.1) is 0 Å². The molecule has 0 bridgehead atoms. The van der Waals surface area contributed by atoms with Crippen molar-refractivity contribution < 1.29 is 17.5 Å². The number of halogens is 2. The van der Waals surface area contributed by atoms with Crippen LogP contribution < -0.4 is 4.18 Å². The number of hydrogen-bond acceptors (Lipinski definition) is 5. The smallest absolute Gasteiger partial charge is 0.369 e. The molecule has 0 fully saturated rings. The molecule has 15 heavy (non-hydrogen) atoms. The molecule has 1 rings (SSSR count). The van der Waals surface area contributed by atoms with Gasteiger partial charge >= 0.3 is 9.33 Å². The minimum absolute atomic E-state index is 0.0928. The molecule has 0 radical (unpaired) electrons. The monoisotopic (exact) mass is 271 g/mol. The predicted molar refractivity (Wildman–Crippen MR) is 53.5 cm³/mol. The molecule has 0 aliphatic heterocycles. The number of nitro groups is 1. The Morgan fingerprint density at radius 2 is 2.00 bits per heavy atom. The van der Waals surface area contributed by atoms with Crippen molar-refractivity contribution in [1.29, 1.82) is 0 Å². The summed E-state index contributed by atoms with van der Waals surface area (Å²) >= 11 is 5.54. The van der Waals surface area contributed by atoms with Gasteiger partial charge in [-0.05, 0) is 6.07 Å². The standard InChI is InChI=1S/C6H3Cl2NO5S/c7-5-2-1-4(9(10)11)3-6(5)14-15(8,12)13/h1-3H. The summed E-state index contributed by atoms with van der Waals surface area (Å²) in [6, 6.07) is 3.11. The first-order chi connectivity index (χ1) is 6.79. The van der Waals surface area contributed by atoms with Gasteiger partial charge in [0.25, 0.3) is 5.69 Å². The van der Waals surface area contributed by atoms with E-state index >= 15 is 0 Å². The molecule has 0 saturated heterocycles. The van der Waals surface area contributed by atoms with Crippen LogP contribution in [0.5, 0.6) is 5.75 Å². The number of non-ortho nitro benzene ring substituents is 1. The Kier molecular flexibility index (Phi) is 3.38. The van der Waals surface area contributed by atoms with E-state index in [0.29, 0.717) is 0 Å². The minimum Gasteiger partial charge on any atom is -0.369 e. The largest absolute Gasteiger partial charge is 0.401 e. The Morgan fingerprint density at radius 1 is 1.40 bits per heavy atom. The molecule has 1 aromatic carbocycles. The Morgan fingerprint density at radius 3 is 2.47 bits per heavy atom. The van der Waals surface area contributed by atoms with Crippen LogP contribution in [0.25, 0.3) is 0 Å². The summed E-state index contributed by atoms with van der Waals surface area (Å²) in [5.41, 5.74) is -0.352. The lowest BCUT2D eigenvalue weighted by molar-refractivity contribution is -0.384. The van der Waals surface area contributed by atoms with Gasteiger partial charge in [-0.1, -0.05) is 11.6 Å². The summed E-state index contributed by atoms with van der Waals surface area (Å²) in [6.45, 7) is 0. The molecule has 0 N–H and O–H groups in total. The molecule has 0 spiro atoms. The van der Waals surface area contributed by atoms with Crippen molar-refractivity contribution in [1.82, 2.24) is 0 Å². The van der Waals surface area contributed by atoms with E-state index in [1.807, 2.05) is 0 Å². The van der Waals surface area contributed by atoms with E-state index in [4.69, 9.17) is 22.3 Å². The maximum absolute atomic E-state index is 10.5. The van der Waals surface area contributed by atoms with E-state index in [-0.39, 0.29) is 16.5 Å². The van der Waals surface area contributed by atoms with E-state index in [1.54, 1.807) is 0 Å². The topological polar surface area (TPSA) is 86.5 Å². The summed E-state index contributed by atoms with van der Waals surface area (Å²) in [4.78, 5) is 9.64. The molecule has 6 nitrogen and oxygen atoms in total. The molecule has 0 aromatic heterocycles. The molecule has 0 saturated carbocycles. The fourth-order valence-corrected chi connectivity index (χ4v) is 1.53. The summed E-state index contributed by atoms with van der Waals surface area (Å²) in [5, 5.41) is 10.3. The van der Waals surface area contributed by atoms with Gasteiger partial charge in [0.05, 0.1) is 26.7 Å². The third kappa shape index (κ3) is 3.54. The summed E-state index contributed by atoms with van der Waals surface area (Å²) in [6.07, 6.45) is 0. The highest BCUT2D eigenvalue weighted by atomic mass is 35.7. The van der Waals surface area contributed by atoms with Crippen molar-refractivity contribution in [2.24, 2.45) is 0 Å². The Bertz CT molecular complexity index is 500. The molecular formula is C6H3Cl2NO5S. The van der Waals surface area contributed by atoms with Gasteiger partial charge < -0.3 is 4.18 Å². The van der Waals surface area contributed by atoms with E-state index in [1.165, 1.54) is 0 Å². The summed E-state index contributed by atoms with van der Waals surface area (Å²) in [5.74, 6) is -0.388. The van der Waals surface area contributed by atoms with Crippen molar-refractivity contribution in [3.63, 3.8) is 0 Å². The number of benzene rings is 1. The van der Waals surface area contributed by atoms with Crippen LogP contribution in [0.3, 0.4) is 0 Å². The van der Waals surface area contributed by atoms with Crippen LogP contribution in [0.4, 0.5) is 5.69 Å². The van der Waals surface area contributed by atoms with Gasteiger partial charge in [0.1, 0.15) is 0 Å². The molecule has 0 atom stereocenters. The number of nitro benzene ring substituents is 1. The second kappa shape index (κ2) is 4.21. The van der Waals surface area contributed by atoms with Gasteiger partial charge in [0.2, 0.25) is 0 Å². The van der Waals surface area contributed by atoms with Crippen LogP contribution in [-0.4, -0.2) is 13.3 Å². The van der Waals surface area contributed by atoms with E-state index in [2.05, 4.69) is 4.18 Å². The SMILES string of the molecule is O=[N+]([O-])c1ccc(Cl)c(OS(=O)(=O)Cl)c1. The average molecular weight is 272 g/mol. The predicted octanol–water partition coefficient (Wildman–Crippen LogP) is 2.11. The lowest BCUT2D eigenvalue weighted by Crippen LogP contribution is -2.01. The lowest BCUT2D eigenvalue weighted by atomic mass is 10.3. The highest BCUT2D eigenvalue weighted by Crippen LogP contribution is 2.30. The molecule has 0 heterocycles. The lowest BCUT2D eigenvalue weighted by Gasteiger charge is -2.02. The summed E-state index contributed by atoms with van der Waals surface area (Å²) in [7, 11) is 0.516.